The molecule has 0 radical (unpaired) electrons. The summed E-state index contributed by atoms with van der Waals surface area (Å²) in [7, 11) is 2.04. The molecule has 0 aliphatic carbocycles. The van der Waals surface area contributed by atoms with Crippen molar-refractivity contribution in [1.82, 2.24) is 15.2 Å². The molecular weight excluding hydrogens is 222 g/mol. The van der Waals surface area contributed by atoms with Gasteiger partial charge >= 0.3 is 0 Å². The maximum atomic E-state index is 4.43. The molecule has 1 N–H and O–H groups in total. The van der Waals surface area contributed by atoms with E-state index in [1.54, 1.807) is 0 Å². The van der Waals surface area contributed by atoms with E-state index in [1.165, 1.54) is 0 Å². The summed E-state index contributed by atoms with van der Waals surface area (Å²) in [6.07, 6.45) is 2.83. The van der Waals surface area contributed by atoms with Crippen molar-refractivity contribution in [3.05, 3.63) is 30.1 Å². The van der Waals surface area contributed by atoms with Crippen LogP contribution in [0.5, 0.6) is 0 Å². The Hall–Kier alpha value is -0.930. The lowest BCUT2D eigenvalue weighted by Gasteiger charge is -2.43. The van der Waals surface area contributed by atoms with Crippen molar-refractivity contribution >= 4 is 0 Å². The van der Waals surface area contributed by atoms with Gasteiger partial charge in [0.05, 0.1) is 0 Å². The molecule has 0 saturated carbocycles. The van der Waals surface area contributed by atoms with Crippen molar-refractivity contribution in [2.75, 3.05) is 20.1 Å². The summed E-state index contributed by atoms with van der Waals surface area (Å²) in [4.78, 5) is 6.93. The molecule has 1 aromatic rings. The maximum Gasteiger partial charge on any atom is 0.0419 e. The molecule has 0 saturated heterocycles. The molecule has 3 nitrogen and oxygen atoms in total. The van der Waals surface area contributed by atoms with Crippen molar-refractivity contribution in [3.8, 4) is 0 Å². The number of rotatable bonds is 7. The van der Waals surface area contributed by atoms with Crippen LogP contribution in [0.2, 0.25) is 0 Å². The summed E-state index contributed by atoms with van der Waals surface area (Å²) in [6.45, 7) is 11.2. The average molecular weight is 249 g/mol. The summed E-state index contributed by atoms with van der Waals surface area (Å²) in [5.41, 5.74) is 1.27. The molecule has 0 bridgehead atoms. The molecule has 3 heteroatoms. The van der Waals surface area contributed by atoms with Crippen molar-refractivity contribution in [2.24, 2.45) is 0 Å². The molecule has 0 spiro atoms. The minimum Gasteiger partial charge on any atom is -0.315 e. The van der Waals surface area contributed by atoms with E-state index in [1.807, 2.05) is 19.3 Å². The Bertz CT molecular complexity index is 331. The van der Waals surface area contributed by atoms with Gasteiger partial charge in [-0.05, 0) is 46.1 Å². The Morgan fingerprint density at radius 1 is 1.28 bits per heavy atom. The smallest absolute Gasteiger partial charge is 0.0419 e. The zero-order chi connectivity index (χ0) is 13.6. The highest BCUT2D eigenvalue weighted by molar-refractivity contribution is 5.08. The third kappa shape index (κ3) is 3.53. The van der Waals surface area contributed by atoms with E-state index < -0.39 is 0 Å². The van der Waals surface area contributed by atoms with E-state index in [0.29, 0.717) is 6.04 Å². The number of aromatic nitrogens is 1. The highest BCUT2D eigenvalue weighted by atomic mass is 15.2. The van der Waals surface area contributed by atoms with Gasteiger partial charge in [-0.25, -0.2) is 0 Å². The van der Waals surface area contributed by atoms with Crippen molar-refractivity contribution < 1.29 is 0 Å². The van der Waals surface area contributed by atoms with Crippen LogP contribution >= 0.6 is 0 Å². The molecular formula is C15H27N3. The number of nitrogens with zero attached hydrogens (tertiary/aromatic N) is 2. The summed E-state index contributed by atoms with van der Waals surface area (Å²) in [6, 6.07) is 6.52. The first kappa shape index (κ1) is 15.1. The second-order valence-corrected chi connectivity index (χ2v) is 5.19. The number of likely N-dealkylation sites (N-methyl/N-ethyl adjacent to an activating group) is 2. The van der Waals surface area contributed by atoms with Gasteiger partial charge in [0.25, 0.3) is 0 Å². The van der Waals surface area contributed by atoms with Crippen LogP contribution in [0.1, 0.15) is 33.4 Å². The van der Waals surface area contributed by atoms with Crippen LogP contribution in [0.25, 0.3) is 0 Å². The van der Waals surface area contributed by atoms with Crippen molar-refractivity contribution in [1.29, 1.82) is 0 Å². The van der Waals surface area contributed by atoms with Crippen LogP contribution in [0, 0.1) is 0 Å². The standard InChI is InChI=1S/C15H27N3/c1-6-18(7-2)15(3,4)14(16-5)12-13-10-8-9-11-17-13/h8-11,14,16H,6-7,12H2,1-5H3. The number of hydrogen-bond acceptors (Lipinski definition) is 3. The predicted octanol–water partition coefficient (Wildman–Crippen LogP) is 2.33. The van der Waals surface area contributed by atoms with Gasteiger partial charge in [-0.15, -0.1) is 0 Å². The normalized spacial score (nSPS) is 13.9. The van der Waals surface area contributed by atoms with Crippen LogP contribution in [0.15, 0.2) is 24.4 Å². The number of nitrogens with one attached hydrogen (secondary N) is 1. The first-order valence-electron chi connectivity index (χ1n) is 6.88. The lowest BCUT2D eigenvalue weighted by atomic mass is 9.88. The maximum absolute atomic E-state index is 4.43. The highest BCUT2D eigenvalue weighted by Gasteiger charge is 2.33. The van der Waals surface area contributed by atoms with Crippen LogP contribution in [0.3, 0.4) is 0 Å². The lowest BCUT2D eigenvalue weighted by Crippen LogP contribution is -2.57. The zero-order valence-corrected chi connectivity index (χ0v) is 12.4. The first-order chi connectivity index (χ1) is 8.56. The van der Waals surface area contributed by atoms with Gasteiger partial charge in [-0.2, -0.15) is 0 Å². The second-order valence-electron chi connectivity index (χ2n) is 5.19. The SMILES string of the molecule is CCN(CC)C(C)(C)C(Cc1ccccn1)NC. The molecule has 0 amide bonds. The van der Waals surface area contributed by atoms with E-state index in [0.717, 1.165) is 25.2 Å². The number of hydrogen-bond donors (Lipinski definition) is 1. The Labute approximate surface area is 112 Å². The van der Waals surface area contributed by atoms with Gasteiger partial charge < -0.3 is 5.32 Å². The van der Waals surface area contributed by atoms with E-state index in [4.69, 9.17) is 0 Å². The van der Waals surface area contributed by atoms with Gasteiger partial charge in [0.2, 0.25) is 0 Å². The monoisotopic (exact) mass is 249 g/mol. The van der Waals surface area contributed by atoms with Crippen LogP contribution < -0.4 is 5.32 Å². The van der Waals surface area contributed by atoms with E-state index >= 15 is 0 Å². The quantitative estimate of drug-likeness (QED) is 0.804. The van der Waals surface area contributed by atoms with Crippen LogP contribution in [-0.4, -0.2) is 41.6 Å². The molecule has 1 rings (SSSR count). The fourth-order valence-corrected chi connectivity index (χ4v) is 2.69. The van der Waals surface area contributed by atoms with Crippen LogP contribution in [0.4, 0.5) is 0 Å². The summed E-state index contributed by atoms with van der Waals surface area (Å²) >= 11 is 0. The van der Waals surface area contributed by atoms with E-state index in [-0.39, 0.29) is 5.54 Å². The Kier molecular flexibility index (Phi) is 5.76. The molecule has 18 heavy (non-hydrogen) atoms. The first-order valence-corrected chi connectivity index (χ1v) is 6.88. The molecule has 0 aromatic carbocycles. The zero-order valence-electron chi connectivity index (χ0n) is 12.4. The molecule has 1 heterocycles. The number of pyridine rings is 1. The molecule has 1 atom stereocenters. The molecule has 1 unspecified atom stereocenters. The van der Waals surface area contributed by atoms with Gasteiger partial charge in [-0.3, -0.25) is 9.88 Å². The predicted molar refractivity (Wildman–Crippen MR) is 77.8 cm³/mol. The Balaban J connectivity index is 2.82. The third-order valence-electron chi connectivity index (χ3n) is 3.92. The lowest BCUT2D eigenvalue weighted by molar-refractivity contribution is 0.0940. The minimum atomic E-state index is 0.121. The van der Waals surface area contributed by atoms with Crippen molar-refractivity contribution in [3.63, 3.8) is 0 Å². The molecule has 1 aromatic heterocycles. The van der Waals surface area contributed by atoms with E-state index in [9.17, 15) is 0 Å². The fraction of sp³-hybridized carbons (Fsp3) is 0.667. The summed E-state index contributed by atoms with van der Waals surface area (Å²) in [5.74, 6) is 0. The average Bonchev–Trinajstić information content (AvgIpc) is 2.38. The third-order valence-corrected chi connectivity index (χ3v) is 3.92. The van der Waals surface area contributed by atoms with Gasteiger partial charge in [0.15, 0.2) is 0 Å². The van der Waals surface area contributed by atoms with E-state index in [2.05, 4.69) is 55.0 Å². The summed E-state index contributed by atoms with van der Waals surface area (Å²) in [5, 5.41) is 3.46. The van der Waals surface area contributed by atoms with Gasteiger partial charge in [0, 0.05) is 29.9 Å². The topological polar surface area (TPSA) is 28.2 Å². The largest absolute Gasteiger partial charge is 0.315 e. The minimum absolute atomic E-state index is 0.121. The Morgan fingerprint density at radius 3 is 2.39 bits per heavy atom. The van der Waals surface area contributed by atoms with Gasteiger partial charge in [-0.1, -0.05) is 19.9 Å². The molecule has 102 valence electrons. The Morgan fingerprint density at radius 2 is 1.94 bits per heavy atom. The molecule has 0 aliphatic rings. The van der Waals surface area contributed by atoms with Crippen LogP contribution in [-0.2, 0) is 6.42 Å². The van der Waals surface area contributed by atoms with Gasteiger partial charge in [0.1, 0.15) is 0 Å². The summed E-state index contributed by atoms with van der Waals surface area (Å²) < 4.78 is 0. The molecule has 0 aliphatic heterocycles. The second kappa shape index (κ2) is 6.86. The highest BCUT2D eigenvalue weighted by Crippen LogP contribution is 2.21. The van der Waals surface area contributed by atoms with Crippen molar-refractivity contribution in [2.45, 2.75) is 45.7 Å². The fourth-order valence-electron chi connectivity index (χ4n) is 2.69. The molecule has 0 fully saturated rings.